The highest BCUT2D eigenvalue weighted by Crippen LogP contribution is 2.35. The Bertz CT molecular complexity index is 575. The zero-order valence-electron chi connectivity index (χ0n) is 11.8. The summed E-state index contributed by atoms with van der Waals surface area (Å²) in [6, 6.07) is 5.55. The quantitative estimate of drug-likeness (QED) is 0.837. The van der Waals surface area contributed by atoms with E-state index in [1.807, 2.05) is 4.90 Å². The van der Waals surface area contributed by atoms with E-state index < -0.39 is 6.10 Å². The van der Waals surface area contributed by atoms with Crippen LogP contribution < -0.4 is 14.2 Å². The summed E-state index contributed by atoms with van der Waals surface area (Å²) in [6.45, 7) is 3.33. The molecule has 3 heterocycles. The Labute approximate surface area is 122 Å². The molecule has 112 valence electrons. The second-order valence-electron chi connectivity index (χ2n) is 5.61. The minimum atomic E-state index is -0.523. The maximum atomic E-state index is 12.5. The first kappa shape index (κ1) is 12.8. The first-order valence-electron chi connectivity index (χ1n) is 7.19. The molecule has 3 atom stereocenters. The van der Waals surface area contributed by atoms with Crippen LogP contribution in [0.3, 0.4) is 0 Å². The van der Waals surface area contributed by atoms with E-state index in [0.29, 0.717) is 30.4 Å². The van der Waals surface area contributed by atoms with E-state index in [1.54, 1.807) is 25.1 Å². The Balaban J connectivity index is 1.43. The zero-order valence-corrected chi connectivity index (χ0v) is 11.8. The summed E-state index contributed by atoms with van der Waals surface area (Å²) in [6.07, 6.45) is 0.629. The minimum Gasteiger partial charge on any atom is -0.481 e. The summed E-state index contributed by atoms with van der Waals surface area (Å²) < 4.78 is 21.8. The monoisotopic (exact) mass is 291 g/mol. The number of rotatable bonds is 3. The fourth-order valence-electron chi connectivity index (χ4n) is 3.11. The summed E-state index contributed by atoms with van der Waals surface area (Å²) >= 11 is 0. The van der Waals surface area contributed by atoms with Crippen molar-refractivity contribution in [3.8, 4) is 17.2 Å². The molecule has 4 rings (SSSR count). The summed E-state index contributed by atoms with van der Waals surface area (Å²) in [5, 5.41) is 0. The van der Waals surface area contributed by atoms with Gasteiger partial charge in [0.25, 0.3) is 5.91 Å². The van der Waals surface area contributed by atoms with Crippen LogP contribution in [0.4, 0.5) is 0 Å². The van der Waals surface area contributed by atoms with Gasteiger partial charge in [0.2, 0.25) is 6.79 Å². The smallest absolute Gasteiger partial charge is 0.263 e. The number of benzene rings is 1. The lowest BCUT2D eigenvalue weighted by molar-refractivity contribution is -0.142. The summed E-state index contributed by atoms with van der Waals surface area (Å²) in [5.74, 6) is 1.99. The largest absolute Gasteiger partial charge is 0.481 e. The molecular formula is C15H17NO5. The van der Waals surface area contributed by atoms with Crippen molar-refractivity contribution in [2.45, 2.75) is 31.6 Å². The van der Waals surface area contributed by atoms with Gasteiger partial charge in [-0.3, -0.25) is 4.79 Å². The number of hydrogen-bond acceptors (Lipinski definition) is 5. The zero-order chi connectivity index (χ0) is 14.4. The molecule has 1 amide bonds. The van der Waals surface area contributed by atoms with Crippen LogP contribution in [0.1, 0.15) is 13.3 Å². The van der Waals surface area contributed by atoms with Gasteiger partial charge < -0.3 is 23.8 Å². The van der Waals surface area contributed by atoms with Crippen LogP contribution in [0.5, 0.6) is 17.2 Å². The van der Waals surface area contributed by atoms with Gasteiger partial charge in [-0.1, -0.05) is 0 Å². The predicted molar refractivity (Wildman–Crippen MR) is 72.5 cm³/mol. The number of nitrogens with zero attached hydrogens (tertiary/aromatic N) is 1. The molecule has 2 fully saturated rings. The van der Waals surface area contributed by atoms with Crippen LogP contribution in [-0.4, -0.2) is 49.0 Å². The van der Waals surface area contributed by atoms with Crippen molar-refractivity contribution in [2.75, 3.05) is 19.9 Å². The molecule has 0 saturated carbocycles. The fourth-order valence-corrected chi connectivity index (χ4v) is 3.11. The number of amides is 1. The molecule has 21 heavy (non-hydrogen) atoms. The van der Waals surface area contributed by atoms with E-state index in [2.05, 4.69) is 0 Å². The predicted octanol–water partition coefficient (Wildman–Crippen LogP) is 1.18. The third-order valence-corrected chi connectivity index (χ3v) is 4.19. The van der Waals surface area contributed by atoms with E-state index in [9.17, 15) is 4.79 Å². The van der Waals surface area contributed by atoms with Crippen molar-refractivity contribution in [2.24, 2.45) is 0 Å². The Morgan fingerprint density at radius 2 is 2.24 bits per heavy atom. The second-order valence-corrected chi connectivity index (χ2v) is 5.61. The Hall–Kier alpha value is -1.95. The molecule has 2 bridgehead atoms. The van der Waals surface area contributed by atoms with Crippen LogP contribution >= 0.6 is 0 Å². The molecule has 3 aliphatic heterocycles. The van der Waals surface area contributed by atoms with Crippen molar-refractivity contribution in [1.82, 2.24) is 4.90 Å². The lowest BCUT2D eigenvalue weighted by Crippen LogP contribution is -2.47. The average Bonchev–Trinajstić information content (AvgIpc) is 3.21. The lowest BCUT2D eigenvalue weighted by Gasteiger charge is -2.29. The highest BCUT2D eigenvalue weighted by molar-refractivity contribution is 5.81. The van der Waals surface area contributed by atoms with Gasteiger partial charge >= 0.3 is 0 Å². The number of fused-ring (bicyclic) bond motifs is 3. The SMILES string of the molecule is C[C@@H](Oc1ccc2c(c1)OCO2)C(=O)N1C[C@H]2C[C@H]1CO2. The van der Waals surface area contributed by atoms with Gasteiger partial charge in [0.05, 0.1) is 18.8 Å². The van der Waals surface area contributed by atoms with Gasteiger partial charge in [-0.15, -0.1) is 0 Å². The van der Waals surface area contributed by atoms with Gasteiger partial charge in [-0.25, -0.2) is 0 Å². The van der Waals surface area contributed by atoms with Crippen LogP contribution in [0, 0.1) is 0 Å². The van der Waals surface area contributed by atoms with Gasteiger partial charge in [0.15, 0.2) is 17.6 Å². The topological polar surface area (TPSA) is 57.2 Å². The summed E-state index contributed by atoms with van der Waals surface area (Å²) in [5.41, 5.74) is 0. The Morgan fingerprint density at radius 3 is 3.00 bits per heavy atom. The summed E-state index contributed by atoms with van der Waals surface area (Å²) in [4.78, 5) is 14.3. The van der Waals surface area contributed by atoms with Gasteiger partial charge in [0.1, 0.15) is 5.75 Å². The molecule has 0 aromatic heterocycles. The third kappa shape index (κ3) is 2.19. The van der Waals surface area contributed by atoms with Crippen molar-refractivity contribution in [3.63, 3.8) is 0 Å². The molecule has 0 unspecified atom stereocenters. The second kappa shape index (κ2) is 4.80. The number of ether oxygens (including phenoxy) is 4. The number of carbonyl (C=O) groups excluding carboxylic acids is 1. The fraction of sp³-hybridized carbons (Fsp3) is 0.533. The van der Waals surface area contributed by atoms with Crippen molar-refractivity contribution >= 4 is 5.91 Å². The molecule has 0 N–H and O–H groups in total. The number of morpholine rings is 1. The molecule has 1 aromatic carbocycles. The van der Waals surface area contributed by atoms with Crippen LogP contribution in [0.25, 0.3) is 0 Å². The normalized spacial score (nSPS) is 27.0. The number of likely N-dealkylation sites (tertiary alicyclic amines) is 1. The maximum absolute atomic E-state index is 12.5. The van der Waals surface area contributed by atoms with Crippen LogP contribution in [0.2, 0.25) is 0 Å². The van der Waals surface area contributed by atoms with E-state index in [0.717, 1.165) is 6.42 Å². The van der Waals surface area contributed by atoms with Gasteiger partial charge in [0, 0.05) is 12.6 Å². The summed E-state index contributed by atoms with van der Waals surface area (Å²) in [7, 11) is 0. The van der Waals surface area contributed by atoms with Crippen LogP contribution in [0.15, 0.2) is 18.2 Å². The van der Waals surface area contributed by atoms with Crippen LogP contribution in [-0.2, 0) is 9.53 Å². The molecule has 0 spiro atoms. The number of hydrogen-bond donors (Lipinski definition) is 0. The van der Waals surface area contributed by atoms with Crippen molar-refractivity contribution < 1.29 is 23.7 Å². The first-order valence-corrected chi connectivity index (χ1v) is 7.19. The molecule has 3 aliphatic rings. The average molecular weight is 291 g/mol. The first-order chi connectivity index (χ1) is 10.2. The molecule has 0 radical (unpaired) electrons. The van der Waals surface area contributed by atoms with E-state index in [-0.39, 0.29) is 24.8 Å². The van der Waals surface area contributed by atoms with E-state index in [4.69, 9.17) is 18.9 Å². The van der Waals surface area contributed by atoms with E-state index >= 15 is 0 Å². The third-order valence-electron chi connectivity index (χ3n) is 4.19. The Morgan fingerprint density at radius 1 is 1.38 bits per heavy atom. The maximum Gasteiger partial charge on any atom is 0.263 e. The molecule has 2 saturated heterocycles. The Kier molecular flexibility index (Phi) is 2.92. The van der Waals surface area contributed by atoms with E-state index in [1.165, 1.54) is 0 Å². The lowest BCUT2D eigenvalue weighted by atomic mass is 10.2. The van der Waals surface area contributed by atoms with Crippen molar-refractivity contribution in [1.29, 1.82) is 0 Å². The molecule has 6 nitrogen and oxygen atoms in total. The minimum absolute atomic E-state index is 0.0171. The molecule has 0 aliphatic carbocycles. The molecule has 6 heteroatoms. The molecular weight excluding hydrogens is 274 g/mol. The highest BCUT2D eigenvalue weighted by Gasteiger charge is 2.42. The van der Waals surface area contributed by atoms with Crippen molar-refractivity contribution in [3.05, 3.63) is 18.2 Å². The standard InChI is InChI=1S/C15H17NO5/c1-9(15(17)16-6-12-4-10(16)7-18-12)21-11-2-3-13-14(5-11)20-8-19-13/h2-3,5,9-10,12H,4,6-8H2,1H3/t9-,10+,12-/m1/s1. The number of carbonyl (C=O) groups is 1. The molecule has 1 aromatic rings. The van der Waals surface area contributed by atoms with Gasteiger partial charge in [-0.2, -0.15) is 0 Å². The highest BCUT2D eigenvalue weighted by atomic mass is 16.7. The van der Waals surface area contributed by atoms with Gasteiger partial charge in [-0.05, 0) is 25.5 Å².